The molecule has 1 aromatic carbocycles. The SMILES string of the molecule is N=C(N)CC(=O)OCc1cccc(-c2cnc(N3CCCC3)nc2)c1F. The molecular formula is C18H20FN5O2. The second-order valence-corrected chi connectivity index (χ2v) is 6.11. The molecule has 1 aromatic heterocycles. The first-order valence-corrected chi connectivity index (χ1v) is 8.38. The number of carbonyl (C=O) groups is 1. The molecule has 0 unspecified atom stereocenters. The van der Waals surface area contributed by atoms with Crippen LogP contribution in [0.15, 0.2) is 30.6 Å². The van der Waals surface area contributed by atoms with Crippen molar-refractivity contribution in [2.75, 3.05) is 18.0 Å². The molecule has 0 amide bonds. The molecule has 7 nitrogen and oxygen atoms in total. The highest BCUT2D eigenvalue weighted by molar-refractivity contribution is 5.94. The first kappa shape index (κ1) is 17.8. The second-order valence-electron chi connectivity index (χ2n) is 6.11. The van der Waals surface area contributed by atoms with Crippen LogP contribution in [-0.2, 0) is 16.1 Å². The number of amidine groups is 1. The molecule has 1 aliphatic rings. The molecular weight excluding hydrogens is 337 g/mol. The summed E-state index contributed by atoms with van der Waals surface area (Å²) in [4.78, 5) is 22.2. The Kier molecular flexibility index (Phi) is 5.40. The van der Waals surface area contributed by atoms with Crippen LogP contribution in [0.1, 0.15) is 24.8 Å². The zero-order valence-corrected chi connectivity index (χ0v) is 14.2. The van der Waals surface area contributed by atoms with E-state index in [0.717, 1.165) is 25.9 Å². The number of anilines is 1. The highest BCUT2D eigenvalue weighted by Gasteiger charge is 2.16. The summed E-state index contributed by atoms with van der Waals surface area (Å²) < 4.78 is 19.7. The summed E-state index contributed by atoms with van der Waals surface area (Å²) in [5.74, 6) is -0.790. The first-order chi connectivity index (χ1) is 12.5. The van der Waals surface area contributed by atoms with E-state index in [1.807, 2.05) is 0 Å². The van der Waals surface area contributed by atoms with Gasteiger partial charge in [0, 0.05) is 42.2 Å². The van der Waals surface area contributed by atoms with Crippen molar-refractivity contribution in [2.45, 2.75) is 25.9 Å². The van der Waals surface area contributed by atoms with E-state index in [4.69, 9.17) is 15.9 Å². The fourth-order valence-corrected chi connectivity index (χ4v) is 2.82. The molecule has 1 saturated heterocycles. The predicted octanol–water partition coefficient (Wildman–Crippen LogP) is 2.25. The van der Waals surface area contributed by atoms with Crippen LogP contribution in [0.25, 0.3) is 11.1 Å². The quantitative estimate of drug-likeness (QED) is 0.467. The third kappa shape index (κ3) is 4.14. The molecule has 0 aliphatic carbocycles. The molecule has 0 atom stereocenters. The highest BCUT2D eigenvalue weighted by Crippen LogP contribution is 2.26. The molecule has 8 heteroatoms. The molecule has 26 heavy (non-hydrogen) atoms. The summed E-state index contributed by atoms with van der Waals surface area (Å²) in [7, 11) is 0. The number of hydrogen-bond donors (Lipinski definition) is 2. The normalized spacial score (nSPS) is 13.7. The first-order valence-electron chi connectivity index (χ1n) is 8.38. The third-order valence-corrected chi connectivity index (χ3v) is 4.14. The molecule has 136 valence electrons. The van der Waals surface area contributed by atoms with Crippen molar-refractivity contribution < 1.29 is 13.9 Å². The Morgan fingerprint density at radius 2 is 1.96 bits per heavy atom. The molecule has 2 heterocycles. The number of esters is 1. The lowest BCUT2D eigenvalue weighted by Crippen LogP contribution is -2.20. The van der Waals surface area contributed by atoms with Crippen LogP contribution in [-0.4, -0.2) is 34.9 Å². The lowest BCUT2D eigenvalue weighted by molar-refractivity contribution is -0.143. The van der Waals surface area contributed by atoms with Gasteiger partial charge in [-0.25, -0.2) is 14.4 Å². The van der Waals surface area contributed by atoms with Gasteiger partial charge in [0.15, 0.2) is 0 Å². The fourth-order valence-electron chi connectivity index (χ4n) is 2.82. The van der Waals surface area contributed by atoms with Gasteiger partial charge in [0.2, 0.25) is 5.95 Å². The number of nitrogens with one attached hydrogen (secondary N) is 1. The maximum absolute atomic E-state index is 14.7. The van der Waals surface area contributed by atoms with Crippen molar-refractivity contribution in [3.63, 3.8) is 0 Å². The van der Waals surface area contributed by atoms with E-state index >= 15 is 0 Å². The summed E-state index contributed by atoms with van der Waals surface area (Å²) >= 11 is 0. The van der Waals surface area contributed by atoms with Crippen molar-refractivity contribution in [1.82, 2.24) is 9.97 Å². The van der Waals surface area contributed by atoms with E-state index in [1.165, 1.54) is 0 Å². The van der Waals surface area contributed by atoms with Crippen molar-refractivity contribution >= 4 is 17.8 Å². The molecule has 3 rings (SSSR count). The molecule has 2 aromatic rings. The van der Waals surface area contributed by atoms with Crippen molar-refractivity contribution in [1.29, 1.82) is 5.41 Å². The Morgan fingerprint density at radius 3 is 2.62 bits per heavy atom. The Bertz CT molecular complexity index is 804. The standard InChI is InChI=1S/C18H20FN5O2/c19-17-12(11-26-16(25)8-15(20)21)4-3-5-14(17)13-9-22-18(23-10-13)24-6-1-2-7-24/h3-5,9-10H,1-2,6-8,11H2,(H3,20,21). The van der Waals surface area contributed by atoms with Crippen molar-refractivity contribution in [2.24, 2.45) is 5.73 Å². The van der Waals surface area contributed by atoms with Gasteiger partial charge < -0.3 is 15.4 Å². The molecule has 1 aliphatic heterocycles. The number of nitrogens with two attached hydrogens (primary N) is 1. The van der Waals surface area contributed by atoms with Gasteiger partial charge in [-0.1, -0.05) is 18.2 Å². The van der Waals surface area contributed by atoms with E-state index in [1.54, 1.807) is 30.6 Å². The number of nitrogens with zero attached hydrogens (tertiary/aromatic N) is 3. The summed E-state index contributed by atoms with van der Waals surface area (Å²) in [6, 6.07) is 4.85. The summed E-state index contributed by atoms with van der Waals surface area (Å²) in [6.45, 7) is 1.65. The zero-order chi connectivity index (χ0) is 18.5. The Morgan fingerprint density at radius 1 is 1.27 bits per heavy atom. The molecule has 0 radical (unpaired) electrons. The van der Waals surface area contributed by atoms with Gasteiger partial charge in [0.25, 0.3) is 0 Å². The van der Waals surface area contributed by atoms with Gasteiger partial charge in [-0.3, -0.25) is 10.2 Å². The average molecular weight is 357 g/mol. The smallest absolute Gasteiger partial charge is 0.313 e. The molecule has 0 spiro atoms. The molecule has 1 fully saturated rings. The predicted molar refractivity (Wildman–Crippen MR) is 95.2 cm³/mol. The largest absolute Gasteiger partial charge is 0.460 e. The lowest BCUT2D eigenvalue weighted by Gasteiger charge is -2.15. The average Bonchev–Trinajstić information content (AvgIpc) is 3.15. The van der Waals surface area contributed by atoms with Gasteiger partial charge in [0.1, 0.15) is 24.7 Å². The van der Waals surface area contributed by atoms with E-state index < -0.39 is 11.8 Å². The monoisotopic (exact) mass is 357 g/mol. The van der Waals surface area contributed by atoms with Crippen LogP contribution in [0.2, 0.25) is 0 Å². The van der Waals surface area contributed by atoms with Gasteiger partial charge in [-0.05, 0) is 12.8 Å². The van der Waals surface area contributed by atoms with E-state index in [0.29, 0.717) is 17.1 Å². The minimum Gasteiger partial charge on any atom is -0.460 e. The second kappa shape index (κ2) is 7.90. The van der Waals surface area contributed by atoms with Gasteiger partial charge in [-0.2, -0.15) is 0 Å². The number of aromatic nitrogens is 2. The van der Waals surface area contributed by atoms with Crippen LogP contribution < -0.4 is 10.6 Å². The Labute approximate surface area is 150 Å². The highest BCUT2D eigenvalue weighted by atomic mass is 19.1. The van der Waals surface area contributed by atoms with Crippen LogP contribution in [0.3, 0.4) is 0 Å². The minimum atomic E-state index is -0.666. The van der Waals surface area contributed by atoms with E-state index in [2.05, 4.69) is 14.9 Å². The van der Waals surface area contributed by atoms with E-state index in [-0.39, 0.29) is 24.4 Å². The lowest BCUT2D eigenvalue weighted by atomic mass is 10.1. The fraction of sp³-hybridized carbons (Fsp3) is 0.333. The number of rotatable bonds is 6. The summed E-state index contributed by atoms with van der Waals surface area (Å²) in [5.41, 5.74) is 6.28. The van der Waals surface area contributed by atoms with Crippen LogP contribution in [0.4, 0.5) is 10.3 Å². The number of halogens is 1. The minimum absolute atomic E-state index is 0.224. The van der Waals surface area contributed by atoms with Gasteiger partial charge in [0.05, 0.1) is 0 Å². The number of hydrogen-bond acceptors (Lipinski definition) is 6. The van der Waals surface area contributed by atoms with Crippen LogP contribution >= 0.6 is 0 Å². The maximum Gasteiger partial charge on any atom is 0.313 e. The molecule has 0 saturated carbocycles. The number of carbonyl (C=O) groups excluding carboxylic acids is 1. The number of benzene rings is 1. The third-order valence-electron chi connectivity index (χ3n) is 4.14. The van der Waals surface area contributed by atoms with Crippen LogP contribution in [0, 0.1) is 11.2 Å². The summed E-state index contributed by atoms with van der Waals surface area (Å²) in [5, 5.41) is 7.06. The van der Waals surface area contributed by atoms with Crippen LogP contribution in [0.5, 0.6) is 0 Å². The van der Waals surface area contributed by atoms with Gasteiger partial charge >= 0.3 is 5.97 Å². The van der Waals surface area contributed by atoms with E-state index in [9.17, 15) is 9.18 Å². The van der Waals surface area contributed by atoms with Crippen molar-refractivity contribution in [3.8, 4) is 11.1 Å². The molecule has 3 N–H and O–H groups in total. The van der Waals surface area contributed by atoms with Crippen molar-refractivity contribution in [3.05, 3.63) is 42.0 Å². The summed E-state index contributed by atoms with van der Waals surface area (Å²) in [6.07, 6.45) is 5.15. The zero-order valence-electron chi connectivity index (χ0n) is 14.2. The molecule has 0 bridgehead atoms. The number of ether oxygens (including phenoxy) is 1. The maximum atomic E-state index is 14.7. The Hall–Kier alpha value is -3.03. The topological polar surface area (TPSA) is 105 Å². The Balaban J connectivity index is 1.74. The van der Waals surface area contributed by atoms with Gasteiger partial charge in [-0.15, -0.1) is 0 Å².